The fourth-order valence-corrected chi connectivity index (χ4v) is 4.41. The van der Waals surface area contributed by atoms with E-state index >= 15 is 0 Å². The first-order chi connectivity index (χ1) is 12.5. The third-order valence-corrected chi connectivity index (χ3v) is 5.83. The van der Waals surface area contributed by atoms with Crippen LogP contribution >= 0.6 is 11.3 Å². The Morgan fingerprint density at radius 2 is 2.08 bits per heavy atom. The maximum Gasteiger partial charge on any atom is 0.235 e. The van der Waals surface area contributed by atoms with Crippen LogP contribution in [0.25, 0.3) is 20.4 Å². The topological polar surface area (TPSA) is 57.1 Å². The Hall–Kier alpha value is -1.79. The molecule has 0 fully saturated rings. The standard InChI is InChI=1S/C20H25N3O2S/c1-5-6-7-8-24-18-17-16(21-12(2)22-18)14-9-13-11-25-20(3,4)10-15(13)23-19(14)26-17/h9H,5-8,10-11H2,1-4H3. The lowest BCUT2D eigenvalue weighted by Crippen LogP contribution is -2.32. The zero-order valence-electron chi connectivity index (χ0n) is 15.9. The van der Waals surface area contributed by atoms with Crippen molar-refractivity contribution in [2.45, 2.75) is 65.6 Å². The smallest absolute Gasteiger partial charge is 0.235 e. The number of fused-ring (bicyclic) bond motifs is 4. The van der Waals surface area contributed by atoms with Gasteiger partial charge >= 0.3 is 0 Å². The van der Waals surface area contributed by atoms with Crippen LogP contribution in [0, 0.1) is 6.92 Å². The Bertz CT molecular complexity index is 965. The minimum absolute atomic E-state index is 0.158. The lowest BCUT2D eigenvalue weighted by atomic mass is 9.95. The largest absolute Gasteiger partial charge is 0.477 e. The molecule has 6 heteroatoms. The van der Waals surface area contributed by atoms with Crippen LogP contribution in [0.3, 0.4) is 0 Å². The number of thiophene rings is 1. The van der Waals surface area contributed by atoms with E-state index < -0.39 is 0 Å². The Kier molecular flexibility index (Phi) is 4.57. The molecule has 0 spiro atoms. The molecule has 4 rings (SSSR count). The highest BCUT2D eigenvalue weighted by Crippen LogP contribution is 2.39. The van der Waals surface area contributed by atoms with Gasteiger partial charge in [-0.25, -0.2) is 9.97 Å². The summed E-state index contributed by atoms with van der Waals surface area (Å²) in [7, 11) is 0. The Balaban J connectivity index is 1.78. The van der Waals surface area contributed by atoms with Gasteiger partial charge in [-0.2, -0.15) is 4.98 Å². The number of pyridine rings is 1. The van der Waals surface area contributed by atoms with Gasteiger partial charge < -0.3 is 9.47 Å². The van der Waals surface area contributed by atoms with Gasteiger partial charge in [-0.05, 0) is 33.3 Å². The summed E-state index contributed by atoms with van der Waals surface area (Å²) < 4.78 is 13.0. The van der Waals surface area contributed by atoms with Crippen LogP contribution in [0.5, 0.6) is 5.88 Å². The van der Waals surface area contributed by atoms with Crippen LogP contribution in [0.2, 0.25) is 0 Å². The van der Waals surface area contributed by atoms with E-state index in [-0.39, 0.29) is 5.60 Å². The van der Waals surface area contributed by atoms with Crippen molar-refractivity contribution in [3.8, 4) is 5.88 Å². The van der Waals surface area contributed by atoms with Gasteiger partial charge in [-0.15, -0.1) is 11.3 Å². The van der Waals surface area contributed by atoms with Gasteiger partial charge in [0.25, 0.3) is 0 Å². The molecule has 4 heterocycles. The molecule has 138 valence electrons. The van der Waals surface area contributed by atoms with E-state index in [4.69, 9.17) is 14.5 Å². The van der Waals surface area contributed by atoms with Crippen molar-refractivity contribution in [3.63, 3.8) is 0 Å². The average molecular weight is 372 g/mol. The van der Waals surface area contributed by atoms with E-state index in [2.05, 4.69) is 36.8 Å². The van der Waals surface area contributed by atoms with Crippen molar-refractivity contribution < 1.29 is 9.47 Å². The summed E-state index contributed by atoms with van der Waals surface area (Å²) in [5.74, 6) is 1.43. The number of hydrogen-bond acceptors (Lipinski definition) is 6. The highest BCUT2D eigenvalue weighted by Gasteiger charge is 2.28. The molecule has 0 unspecified atom stereocenters. The van der Waals surface area contributed by atoms with E-state index in [9.17, 15) is 0 Å². The van der Waals surface area contributed by atoms with E-state index in [1.165, 1.54) is 18.4 Å². The molecule has 0 aromatic carbocycles. The molecule has 3 aromatic heterocycles. The molecule has 0 radical (unpaired) electrons. The summed E-state index contributed by atoms with van der Waals surface area (Å²) in [6.07, 6.45) is 4.23. The molecular weight excluding hydrogens is 346 g/mol. The first-order valence-electron chi connectivity index (χ1n) is 9.33. The predicted molar refractivity (Wildman–Crippen MR) is 105 cm³/mol. The zero-order valence-corrected chi connectivity index (χ0v) is 16.7. The van der Waals surface area contributed by atoms with Gasteiger partial charge in [-0.3, -0.25) is 0 Å². The lowest BCUT2D eigenvalue weighted by Gasteiger charge is -2.30. The maximum absolute atomic E-state index is 6.00. The number of hydrogen-bond donors (Lipinski definition) is 0. The van der Waals surface area contributed by atoms with Gasteiger partial charge in [0.05, 0.1) is 30.0 Å². The zero-order chi connectivity index (χ0) is 18.3. The predicted octanol–water partition coefficient (Wildman–Crippen LogP) is 4.97. The molecule has 0 amide bonds. The summed E-state index contributed by atoms with van der Waals surface area (Å²) >= 11 is 1.63. The maximum atomic E-state index is 6.00. The fourth-order valence-electron chi connectivity index (χ4n) is 3.35. The lowest BCUT2D eigenvalue weighted by molar-refractivity contribution is -0.0411. The second-order valence-electron chi connectivity index (χ2n) is 7.58. The number of rotatable bonds is 5. The monoisotopic (exact) mass is 371 g/mol. The third kappa shape index (κ3) is 3.28. The molecule has 5 nitrogen and oxygen atoms in total. The van der Waals surface area contributed by atoms with E-state index in [1.807, 2.05) is 6.92 Å². The highest BCUT2D eigenvalue weighted by molar-refractivity contribution is 7.25. The molecule has 0 saturated heterocycles. The Labute approximate surface area is 157 Å². The fraction of sp³-hybridized carbons (Fsp3) is 0.550. The summed E-state index contributed by atoms with van der Waals surface area (Å²) in [4.78, 5) is 15.2. The SMILES string of the molecule is CCCCCOc1nc(C)nc2c1sc1nc3c(cc12)COC(C)(C)C3. The van der Waals surface area contributed by atoms with Crippen molar-refractivity contribution in [1.29, 1.82) is 0 Å². The minimum atomic E-state index is -0.158. The normalized spacial score (nSPS) is 16.2. The molecule has 0 saturated carbocycles. The van der Waals surface area contributed by atoms with Gasteiger partial charge in [0.2, 0.25) is 5.88 Å². The van der Waals surface area contributed by atoms with Crippen LogP contribution in [-0.2, 0) is 17.8 Å². The van der Waals surface area contributed by atoms with E-state index in [1.54, 1.807) is 11.3 Å². The van der Waals surface area contributed by atoms with Crippen molar-refractivity contribution >= 4 is 31.8 Å². The molecule has 3 aromatic rings. The van der Waals surface area contributed by atoms with Crippen molar-refractivity contribution in [2.75, 3.05) is 6.61 Å². The summed E-state index contributed by atoms with van der Waals surface area (Å²) in [5.41, 5.74) is 3.09. The molecule has 26 heavy (non-hydrogen) atoms. The third-order valence-electron chi connectivity index (χ3n) is 4.75. The molecule has 1 aliphatic heterocycles. The number of ether oxygens (including phenoxy) is 2. The molecule has 1 aliphatic rings. The first kappa shape index (κ1) is 17.6. The number of unbranched alkanes of at least 4 members (excludes halogenated alkanes) is 2. The van der Waals surface area contributed by atoms with Gasteiger partial charge in [0, 0.05) is 17.4 Å². The molecule has 0 atom stereocenters. The van der Waals surface area contributed by atoms with Gasteiger partial charge in [-0.1, -0.05) is 19.8 Å². The van der Waals surface area contributed by atoms with Crippen LogP contribution in [0.4, 0.5) is 0 Å². The van der Waals surface area contributed by atoms with Crippen LogP contribution in [0.15, 0.2) is 6.07 Å². The summed E-state index contributed by atoms with van der Waals surface area (Å²) in [6, 6.07) is 2.19. The second kappa shape index (κ2) is 6.74. The molecule has 0 bridgehead atoms. The molecule has 0 N–H and O–H groups in total. The highest BCUT2D eigenvalue weighted by atomic mass is 32.1. The first-order valence-corrected chi connectivity index (χ1v) is 10.1. The van der Waals surface area contributed by atoms with Crippen LogP contribution in [-0.4, -0.2) is 27.2 Å². The number of nitrogens with zero attached hydrogens (tertiary/aromatic N) is 3. The van der Waals surface area contributed by atoms with Crippen molar-refractivity contribution in [3.05, 3.63) is 23.1 Å². The summed E-state index contributed by atoms with van der Waals surface area (Å²) in [6.45, 7) is 9.64. The van der Waals surface area contributed by atoms with Crippen LogP contribution < -0.4 is 4.74 Å². The van der Waals surface area contributed by atoms with E-state index in [0.29, 0.717) is 19.1 Å². The molecule has 0 aliphatic carbocycles. The quantitative estimate of drug-likeness (QED) is 0.593. The van der Waals surface area contributed by atoms with Gasteiger partial charge in [0.15, 0.2) is 0 Å². The van der Waals surface area contributed by atoms with Crippen molar-refractivity contribution in [1.82, 2.24) is 15.0 Å². The minimum Gasteiger partial charge on any atom is -0.477 e. The average Bonchev–Trinajstić information content (AvgIpc) is 2.93. The van der Waals surface area contributed by atoms with Gasteiger partial charge in [0.1, 0.15) is 15.4 Å². The van der Waals surface area contributed by atoms with E-state index in [0.717, 1.165) is 44.8 Å². The Morgan fingerprint density at radius 1 is 1.23 bits per heavy atom. The number of aromatic nitrogens is 3. The van der Waals surface area contributed by atoms with Crippen LogP contribution in [0.1, 0.15) is 57.1 Å². The summed E-state index contributed by atoms with van der Waals surface area (Å²) in [5, 5.41) is 1.08. The Morgan fingerprint density at radius 3 is 2.88 bits per heavy atom. The number of aryl methyl sites for hydroxylation is 1. The second-order valence-corrected chi connectivity index (χ2v) is 8.58. The molecular formula is C20H25N3O2S. The van der Waals surface area contributed by atoms with Crippen molar-refractivity contribution in [2.24, 2.45) is 0 Å².